The van der Waals surface area contributed by atoms with Crippen molar-refractivity contribution in [3.05, 3.63) is 64.7 Å². The Bertz CT molecular complexity index is 810. The first-order valence-electron chi connectivity index (χ1n) is 9.63. The molecule has 7 heteroatoms. The minimum atomic E-state index is -0.191. The summed E-state index contributed by atoms with van der Waals surface area (Å²) in [4.78, 5) is 15.4. The molecule has 2 heterocycles. The first kappa shape index (κ1) is 19.7. The van der Waals surface area contributed by atoms with Crippen molar-refractivity contribution in [2.45, 2.75) is 12.6 Å². The Morgan fingerprint density at radius 2 is 1.96 bits per heavy atom. The number of carbonyl (C=O) groups excluding carboxylic acids is 1. The van der Waals surface area contributed by atoms with Gasteiger partial charge in [0, 0.05) is 48.4 Å². The van der Waals surface area contributed by atoms with E-state index >= 15 is 0 Å². The van der Waals surface area contributed by atoms with Crippen LogP contribution in [-0.2, 0) is 11.3 Å². The normalized spacial score (nSPS) is 22.9. The molecule has 5 nitrogen and oxygen atoms in total. The molecule has 2 aromatic carbocycles. The van der Waals surface area contributed by atoms with E-state index in [1.54, 1.807) is 0 Å². The van der Waals surface area contributed by atoms with Crippen LogP contribution in [0.4, 0.5) is 5.69 Å². The highest BCUT2D eigenvalue weighted by Crippen LogP contribution is 2.27. The summed E-state index contributed by atoms with van der Waals surface area (Å²) < 4.78 is 0. The van der Waals surface area contributed by atoms with E-state index in [-0.39, 0.29) is 17.9 Å². The predicted molar refractivity (Wildman–Crippen MR) is 116 cm³/mol. The number of amides is 1. The average Bonchev–Trinajstić information content (AvgIpc) is 3.20. The van der Waals surface area contributed by atoms with E-state index in [0.29, 0.717) is 11.6 Å². The summed E-state index contributed by atoms with van der Waals surface area (Å²) in [6.45, 7) is 3.78. The second kappa shape index (κ2) is 9.29. The Morgan fingerprint density at radius 3 is 2.75 bits per heavy atom. The number of hydrogen-bond donors (Lipinski definition) is 3. The topological polar surface area (TPSA) is 56.4 Å². The van der Waals surface area contributed by atoms with Gasteiger partial charge in [-0.1, -0.05) is 35.9 Å². The molecule has 0 aromatic heterocycles. The molecule has 2 atom stereocenters. The molecule has 1 amide bonds. The summed E-state index contributed by atoms with van der Waals surface area (Å²) in [5, 5.41) is 3.80. The number of benzene rings is 2. The molecular formula is C21H25ClN4OS. The summed E-state index contributed by atoms with van der Waals surface area (Å²) in [7, 11) is 0. The average molecular weight is 417 g/mol. The molecule has 0 radical (unpaired) electrons. The third-order valence-corrected chi connectivity index (χ3v) is 6.45. The van der Waals surface area contributed by atoms with E-state index in [0.717, 1.165) is 30.9 Å². The fourth-order valence-corrected chi connectivity index (χ4v) is 4.83. The van der Waals surface area contributed by atoms with Crippen LogP contribution in [0.2, 0.25) is 5.02 Å². The van der Waals surface area contributed by atoms with Gasteiger partial charge in [0.25, 0.3) is 0 Å². The SMILES string of the molecule is O=C(Nc1cccc(CN2CCSCC2)c1)C1CNNC1c1ccc(Cl)cc1. The van der Waals surface area contributed by atoms with Crippen LogP contribution < -0.4 is 16.2 Å². The predicted octanol–water partition coefficient (Wildman–Crippen LogP) is 3.29. The smallest absolute Gasteiger partial charge is 0.230 e. The molecule has 2 aliphatic rings. The molecule has 0 saturated carbocycles. The fraction of sp³-hybridized carbons (Fsp3) is 0.381. The maximum Gasteiger partial charge on any atom is 0.230 e. The van der Waals surface area contributed by atoms with Crippen molar-refractivity contribution in [2.75, 3.05) is 36.5 Å². The molecule has 2 saturated heterocycles. The lowest BCUT2D eigenvalue weighted by Gasteiger charge is -2.26. The number of nitrogens with one attached hydrogen (secondary N) is 3. The summed E-state index contributed by atoms with van der Waals surface area (Å²) in [5.74, 6) is 2.22. The van der Waals surface area contributed by atoms with Gasteiger partial charge in [-0.15, -0.1) is 0 Å². The van der Waals surface area contributed by atoms with Crippen LogP contribution in [0, 0.1) is 5.92 Å². The first-order chi connectivity index (χ1) is 13.7. The van der Waals surface area contributed by atoms with Gasteiger partial charge in [0.15, 0.2) is 0 Å². The van der Waals surface area contributed by atoms with Crippen LogP contribution in [0.25, 0.3) is 0 Å². The lowest BCUT2D eigenvalue weighted by Crippen LogP contribution is -2.32. The third-order valence-electron chi connectivity index (χ3n) is 5.25. The van der Waals surface area contributed by atoms with Gasteiger partial charge in [-0.3, -0.25) is 15.1 Å². The molecule has 2 unspecified atom stereocenters. The molecule has 2 fully saturated rings. The minimum Gasteiger partial charge on any atom is -0.326 e. The lowest BCUT2D eigenvalue weighted by molar-refractivity contribution is -0.119. The van der Waals surface area contributed by atoms with Crippen molar-refractivity contribution < 1.29 is 4.79 Å². The van der Waals surface area contributed by atoms with Gasteiger partial charge in [-0.05, 0) is 35.4 Å². The summed E-state index contributed by atoms with van der Waals surface area (Å²) >= 11 is 8.01. The maximum atomic E-state index is 12.9. The van der Waals surface area contributed by atoms with Crippen molar-refractivity contribution in [2.24, 2.45) is 5.92 Å². The van der Waals surface area contributed by atoms with Crippen LogP contribution in [0.3, 0.4) is 0 Å². The number of rotatable bonds is 5. The molecule has 4 rings (SSSR count). The standard InChI is InChI=1S/C21H25ClN4OS/c22-17-6-4-16(5-7-17)20-19(13-23-25-20)21(27)24-18-3-1-2-15(12-18)14-26-8-10-28-11-9-26/h1-7,12,19-20,23,25H,8-11,13-14H2,(H,24,27). The second-order valence-electron chi connectivity index (χ2n) is 7.24. The van der Waals surface area contributed by atoms with E-state index in [2.05, 4.69) is 33.2 Å². The van der Waals surface area contributed by atoms with Gasteiger partial charge in [-0.2, -0.15) is 11.8 Å². The van der Waals surface area contributed by atoms with Gasteiger partial charge in [0.05, 0.1) is 12.0 Å². The summed E-state index contributed by atoms with van der Waals surface area (Å²) in [5.41, 5.74) is 9.47. The molecule has 28 heavy (non-hydrogen) atoms. The molecular weight excluding hydrogens is 392 g/mol. The zero-order chi connectivity index (χ0) is 19.3. The number of hydrazine groups is 1. The number of nitrogens with zero attached hydrogens (tertiary/aromatic N) is 1. The quantitative estimate of drug-likeness (QED) is 0.698. The van der Waals surface area contributed by atoms with Gasteiger partial charge in [0.1, 0.15) is 0 Å². The Balaban J connectivity index is 1.41. The van der Waals surface area contributed by atoms with Crippen molar-refractivity contribution in [3.63, 3.8) is 0 Å². The highest BCUT2D eigenvalue weighted by Gasteiger charge is 2.34. The van der Waals surface area contributed by atoms with Gasteiger partial charge in [0.2, 0.25) is 5.91 Å². The lowest BCUT2D eigenvalue weighted by atomic mass is 9.94. The van der Waals surface area contributed by atoms with Gasteiger partial charge < -0.3 is 5.32 Å². The van der Waals surface area contributed by atoms with Crippen molar-refractivity contribution in [1.82, 2.24) is 15.8 Å². The number of carbonyl (C=O) groups is 1. The fourth-order valence-electron chi connectivity index (χ4n) is 3.73. The number of anilines is 1. The van der Waals surface area contributed by atoms with E-state index in [4.69, 9.17) is 11.6 Å². The first-order valence-corrected chi connectivity index (χ1v) is 11.2. The van der Waals surface area contributed by atoms with E-state index in [1.807, 2.05) is 48.2 Å². The van der Waals surface area contributed by atoms with E-state index in [1.165, 1.54) is 17.1 Å². The molecule has 0 aliphatic carbocycles. The molecule has 0 bridgehead atoms. The zero-order valence-corrected chi connectivity index (χ0v) is 17.2. The van der Waals surface area contributed by atoms with Crippen LogP contribution in [-0.4, -0.2) is 41.9 Å². The number of halogens is 1. The van der Waals surface area contributed by atoms with Crippen LogP contribution in [0.1, 0.15) is 17.2 Å². The molecule has 2 aliphatic heterocycles. The van der Waals surface area contributed by atoms with E-state index in [9.17, 15) is 4.79 Å². The molecule has 0 spiro atoms. The number of thioether (sulfide) groups is 1. The van der Waals surface area contributed by atoms with Gasteiger partial charge >= 0.3 is 0 Å². The summed E-state index contributed by atoms with van der Waals surface area (Å²) in [6.07, 6.45) is 0. The van der Waals surface area contributed by atoms with Crippen molar-refractivity contribution in [1.29, 1.82) is 0 Å². The van der Waals surface area contributed by atoms with Crippen molar-refractivity contribution >= 4 is 35.0 Å². The Morgan fingerprint density at radius 1 is 1.18 bits per heavy atom. The largest absolute Gasteiger partial charge is 0.326 e. The van der Waals surface area contributed by atoms with Crippen molar-refractivity contribution in [3.8, 4) is 0 Å². The number of hydrogen-bond acceptors (Lipinski definition) is 5. The van der Waals surface area contributed by atoms with Crippen LogP contribution in [0.5, 0.6) is 0 Å². The maximum absolute atomic E-state index is 12.9. The Labute approximate surface area is 175 Å². The Hall–Kier alpha value is -1.57. The third kappa shape index (κ3) is 4.88. The monoisotopic (exact) mass is 416 g/mol. The van der Waals surface area contributed by atoms with E-state index < -0.39 is 0 Å². The summed E-state index contributed by atoms with van der Waals surface area (Å²) in [6, 6.07) is 15.8. The minimum absolute atomic E-state index is 0.0176. The Kier molecular flexibility index (Phi) is 6.54. The second-order valence-corrected chi connectivity index (χ2v) is 8.90. The molecule has 2 aromatic rings. The van der Waals surface area contributed by atoms with Crippen LogP contribution in [0.15, 0.2) is 48.5 Å². The highest BCUT2D eigenvalue weighted by atomic mass is 35.5. The molecule has 3 N–H and O–H groups in total. The highest BCUT2D eigenvalue weighted by molar-refractivity contribution is 7.99. The molecule has 148 valence electrons. The zero-order valence-electron chi connectivity index (χ0n) is 15.7. The van der Waals surface area contributed by atoms with Crippen LogP contribution >= 0.6 is 23.4 Å². The van der Waals surface area contributed by atoms with Gasteiger partial charge in [-0.25, -0.2) is 5.43 Å².